The molecule has 0 saturated carbocycles. The van der Waals surface area contributed by atoms with Crippen LogP contribution in [0.3, 0.4) is 0 Å². The lowest BCUT2D eigenvalue weighted by Crippen LogP contribution is -2.39. The van der Waals surface area contributed by atoms with Crippen LogP contribution in [-0.2, 0) is 19.1 Å². The number of carbonyl (C=O) groups excluding carboxylic acids is 2. The van der Waals surface area contributed by atoms with Crippen molar-refractivity contribution in [1.29, 1.82) is 0 Å². The quantitative estimate of drug-likeness (QED) is 0.493. The minimum absolute atomic E-state index is 0.118. The lowest BCUT2D eigenvalue weighted by Gasteiger charge is -2.18. The lowest BCUT2D eigenvalue weighted by molar-refractivity contribution is -0.160. The Labute approximate surface area is 113 Å². The van der Waals surface area contributed by atoms with Crippen LogP contribution in [-0.4, -0.2) is 48.4 Å². The molecule has 0 rings (SSSR count). The molecule has 0 aromatic rings. The van der Waals surface area contributed by atoms with E-state index in [1.54, 1.807) is 6.92 Å². The van der Waals surface area contributed by atoms with Gasteiger partial charge in [0.25, 0.3) is 0 Å². The van der Waals surface area contributed by atoms with Gasteiger partial charge >= 0.3 is 11.9 Å². The molecule has 0 aliphatic heterocycles. The Bertz CT molecular complexity index is 296. The monoisotopic (exact) mass is 276 g/mol. The van der Waals surface area contributed by atoms with E-state index in [-0.39, 0.29) is 6.61 Å². The number of aliphatic hydroxyl groups is 1. The van der Waals surface area contributed by atoms with Crippen molar-refractivity contribution in [3.8, 4) is 0 Å². The summed E-state index contributed by atoms with van der Waals surface area (Å²) in [5.41, 5.74) is 10.9. The predicted molar refractivity (Wildman–Crippen MR) is 69.0 cm³/mol. The summed E-state index contributed by atoms with van der Waals surface area (Å²) >= 11 is 0. The summed E-state index contributed by atoms with van der Waals surface area (Å²) in [6, 6.07) is -1.76. The summed E-state index contributed by atoms with van der Waals surface area (Å²) in [6.45, 7) is 4.87. The van der Waals surface area contributed by atoms with Crippen LogP contribution < -0.4 is 11.5 Å². The third-order valence-corrected chi connectivity index (χ3v) is 2.31. The van der Waals surface area contributed by atoms with Crippen LogP contribution in [0, 0.1) is 5.92 Å². The van der Waals surface area contributed by atoms with E-state index in [0.29, 0.717) is 12.3 Å². The maximum atomic E-state index is 11.6. The van der Waals surface area contributed by atoms with Crippen LogP contribution in [0.4, 0.5) is 0 Å². The second-order valence-electron chi connectivity index (χ2n) is 4.90. The van der Waals surface area contributed by atoms with Crippen molar-refractivity contribution in [2.24, 2.45) is 17.4 Å². The summed E-state index contributed by atoms with van der Waals surface area (Å²) in [5.74, 6) is -0.973. The Morgan fingerprint density at radius 3 is 2.16 bits per heavy atom. The fourth-order valence-electron chi connectivity index (χ4n) is 1.30. The number of ether oxygens (including phenoxy) is 2. The zero-order valence-electron chi connectivity index (χ0n) is 11.7. The van der Waals surface area contributed by atoms with E-state index in [2.05, 4.69) is 0 Å². The first-order valence-electron chi connectivity index (χ1n) is 6.27. The minimum atomic E-state index is -1.08. The van der Waals surface area contributed by atoms with Gasteiger partial charge in [0, 0.05) is 0 Å². The Kier molecular flexibility index (Phi) is 8.29. The van der Waals surface area contributed by atoms with Gasteiger partial charge in [-0.05, 0) is 19.3 Å². The summed E-state index contributed by atoms with van der Waals surface area (Å²) in [4.78, 5) is 22.7. The SMILES string of the molecule is CC(C)C[C@H](N)C(=O)OC(C)COC(=O)[C@@H](N)CO. The molecule has 0 amide bonds. The normalized spacial score (nSPS) is 15.7. The Morgan fingerprint density at radius 2 is 1.68 bits per heavy atom. The van der Waals surface area contributed by atoms with Crippen molar-refractivity contribution < 1.29 is 24.2 Å². The maximum Gasteiger partial charge on any atom is 0.325 e. The Balaban J connectivity index is 4.00. The first kappa shape index (κ1) is 17.8. The number of esters is 2. The molecular formula is C12H24N2O5. The van der Waals surface area contributed by atoms with Gasteiger partial charge in [0.1, 0.15) is 24.8 Å². The van der Waals surface area contributed by atoms with Crippen LogP contribution in [0.25, 0.3) is 0 Å². The van der Waals surface area contributed by atoms with E-state index in [0.717, 1.165) is 0 Å². The van der Waals surface area contributed by atoms with Crippen molar-refractivity contribution >= 4 is 11.9 Å². The number of rotatable bonds is 8. The summed E-state index contributed by atoms with van der Waals surface area (Å²) in [5, 5.41) is 8.64. The summed E-state index contributed by atoms with van der Waals surface area (Å²) in [7, 11) is 0. The molecule has 0 spiro atoms. The van der Waals surface area contributed by atoms with Crippen molar-refractivity contribution in [1.82, 2.24) is 0 Å². The predicted octanol–water partition coefficient (Wildman–Crippen LogP) is -0.846. The molecule has 0 radical (unpaired) electrons. The Morgan fingerprint density at radius 1 is 1.11 bits per heavy atom. The van der Waals surface area contributed by atoms with E-state index < -0.39 is 36.7 Å². The number of hydrogen-bond donors (Lipinski definition) is 3. The molecule has 112 valence electrons. The van der Waals surface area contributed by atoms with Gasteiger partial charge in [0.2, 0.25) is 0 Å². The molecular weight excluding hydrogens is 252 g/mol. The van der Waals surface area contributed by atoms with E-state index in [9.17, 15) is 9.59 Å². The van der Waals surface area contributed by atoms with Gasteiger partial charge in [0.15, 0.2) is 0 Å². The second kappa shape index (κ2) is 8.84. The molecule has 0 aliphatic carbocycles. The highest BCUT2D eigenvalue weighted by atomic mass is 16.6. The average molecular weight is 276 g/mol. The average Bonchev–Trinajstić information content (AvgIpc) is 2.33. The zero-order chi connectivity index (χ0) is 15.0. The fraction of sp³-hybridized carbons (Fsp3) is 0.833. The molecule has 0 fully saturated rings. The third kappa shape index (κ3) is 7.76. The number of carbonyl (C=O) groups is 2. The number of aliphatic hydroxyl groups excluding tert-OH is 1. The van der Waals surface area contributed by atoms with Gasteiger partial charge in [-0.25, -0.2) is 0 Å². The topological polar surface area (TPSA) is 125 Å². The molecule has 7 nitrogen and oxygen atoms in total. The number of nitrogens with two attached hydrogens (primary N) is 2. The molecule has 0 heterocycles. The maximum absolute atomic E-state index is 11.6. The molecule has 0 aliphatic rings. The Hall–Kier alpha value is -1.18. The first-order chi connectivity index (χ1) is 8.77. The first-order valence-corrected chi connectivity index (χ1v) is 6.27. The molecule has 0 aromatic heterocycles. The highest BCUT2D eigenvalue weighted by Crippen LogP contribution is 2.05. The molecule has 19 heavy (non-hydrogen) atoms. The summed E-state index contributed by atoms with van der Waals surface area (Å²) in [6.07, 6.45) is -0.0821. The van der Waals surface area contributed by atoms with Crippen molar-refractivity contribution in [3.05, 3.63) is 0 Å². The van der Waals surface area contributed by atoms with Crippen molar-refractivity contribution in [2.75, 3.05) is 13.2 Å². The fourth-order valence-corrected chi connectivity index (χ4v) is 1.30. The molecule has 7 heteroatoms. The van der Waals surface area contributed by atoms with Crippen LogP contribution in [0.15, 0.2) is 0 Å². The van der Waals surface area contributed by atoms with Gasteiger partial charge in [-0.1, -0.05) is 13.8 Å². The molecule has 3 atom stereocenters. The molecule has 1 unspecified atom stereocenters. The van der Waals surface area contributed by atoms with Gasteiger partial charge in [0.05, 0.1) is 6.61 Å². The molecule has 0 aromatic carbocycles. The van der Waals surface area contributed by atoms with Crippen LogP contribution in [0.5, 0.6) is 0 Å². The molecule has 5 N–H and O–H groups in total. The molecule has 0 saturated heterocycles. The highest BCUT2D eigenvalue weighted by molar-refractivity contribution is 5.76. The van der Waals surface area contributed by atoms with E-state index in [4.69, 9.17) is 26.0 Å². The van der Waals surface area contributed by atoms with Crippen LogP contribution in [0.1, 0.15) is 27.2 Å². The second-order valence-corrected chi connectivity index (χ2v) is 4.90. The van der Waals surface area contributed by atoms with Crippen molar-refractivity contribution in [2.45, 2.75) is 45.4 Å². The largest absolute Gasteiger partial charge is 0.461 e. The minimum Gasteiger partial charge on any atom is -0.461 e. The van der Waals surface area contributed by atoms with Gasteiger partial charge in [-0.2, -0.15) is 0 Å². The van der Waals surface area contributed by atoms with Crippen LogP contribution in [0.2, 0.25) is 0 Å². The number of hydrogen-bond acceptors (Lipinski definition) is 7. The zero-order valence-corrected chi connectivity index (χ0v) is 11.7. The standard InChI is InChI=1S/C12H24N2O5/c1-7(2)4-9(13)12(17)19-8(3)6-18-11(16)10(14)5-15/h7-10,15H,4-6,13-14H2,1-3H3/t8?,9-,10-/m0/s1. The van der Waals surface area contributed by atoms with Gasteiger partial charge in [-0.3, -0.25) is 9.59 Å². The lowest BCUT2D eigenvalue weighted by atomic mass is 10.1. The summed E-state index contributed by atoms with van der Waals surface area (Å²) < 4.78 is 9.81. The molecule has 0 bridgehead atoms. The van der Waals surface area contributed by atoms with E-state index in [1.807, 2.05) is 13.8 Å². The third-order valence-electron chi connectivity index (χ3n) is 2.31. The van der Waals surface area contributed by atoms with Crippen molar-refractivity contribution in [3.63, 3.8) is 0 Å². The van der Waals surface area contributed by atoms with E-state index in [1.165, 1.54) is 0 Å². The van der Waals surface area contributed by atoms with Gasteiger partial charge < -0.3 is 26.0 Å². The highest BCUT2D eigenvalue weighted by Gasteiger charge is 2.21. The van der Waals surface area contributed by atoms with E-state index >= 15 is 0 Å². The van der Waals surface area contributed by atoms with Crippen LogP contribution >= 0.6 is 0 Å². The van der Waals surface area contributed by atoms with Gasteiger partial charge in [-0.15, -0.1) is 0 Å². The smallest absolute Gasteiger partial charge is 0.325 e.